The summed E-state index contributed by atoms with van der Waals surface area (Å²) in [4.78, 5) is 12.2. The van der Waals surface area contributed by atoms with Crippen LogP contribution >= 0.6 is 35.4 Å². The van der Waals surface area contributed by atoms with E-state index < -0.39 is 11.7 Å². The summed E-state index contributed by atoms with van der Waals surface area (Å²) in [7, 11) is 0. The number of carbonyl (C=O) groups excluding carboxylic acids is 1. The van der Waals surface area contributed by atoms with E-state index in [0.29, 0.717) is 21.3 Å². The standard InChI is InChI=1S/C16H11Cl2FN4OS/c17-9-3-1-4-10(7-9)23-13(21-22-16(23)25)8-20-15(24)14-11(18)5-2-6-12(14)19/h1-7H,8H2,(H,20,24)(H,22,25). The number of H-pyrrole nitrogens is 1. The highest BCUT2D eigenvalue weighted by molar-refractivity contribution is 7.71. The molecule has 0 fully saturated rings. The molecule has 5 nitrogen and oxygen atoms in total. The SMILES string of the molecule is O=C(NCc1n[nH]c(=S)n1-c1cccc(Cl)c1)c1c(F)cccc1Cl. The van der Waals surface area contributed by atoms with Gasteiger partial charge in [0.25, 0.3) is 5.91 Å². The summed E-state index contributed by atoms with van der Waals surface area (Å²) in [6.45, 7) is 0.0170. The Kier molecular flexibility index (Phi) is 5.17. The van der Waals surface area contributed by atoms with Crippen LogP contribution in [0, 0.1) is 10.6 Å². The van der Waals surface area contributed by atoms with Crippen LogP contribution in [0.2, 0.25) is 10.0 Å². The molecule has 1 aromatic heterocycles. The fourth-order valence-corrected chi connectivity index (χ4v) is 2.98. The summed E-state index contributed by atoms with van der Waals surface area (Å²) in [6, 6.07) is 11.1. The number of nitrogens with zero attached hydrogens (tertiary/aromatic N) is 2. The van der Waals surface area contributed by atoms with Crippen molar-refractivity contribution in [2.75, 3.05) is 0 Å². The van der Waals surface area contributed by atoms with E-state index in [-0.39, 0.29) is 17.1 Å². The minimum Gasteiger partial charge on any atom is -0.345 e. The predicted molar refractivity (Wildman–Crippen MR) is 96.3 cm³/mol. The lowest BCUT2D eigenvalue weighted by molar-refractivity contribution is 0.0946. The van der Waals surface area contributed by atoms with Crippen molar-refractivity contribution in [2.24, 2.45) is 0 Å². The summed E-state index contributed by atoms with van der Waals surface area (Å²) in [5.74, 6) is -0.901. The molecule has 9 heteroatoms. The normalized spacial score (nSPS) is 10.7. The van der Waals surface area contributed by atoms with Gasteiger partial charge >= 0.3 is 0 Å². The molecule has 0 aliphatic carbocycles. The average molecular weight is 397 g/mol. The highest BCUT2D eigenvalue weighted by Crippen LogP contribution is 2.19. The van der Waals surface area contributed by atoms with Gasteiger partial charge < -0.3 is 5.32 Å². The third-order valence-corrected chi connectivity index (χ3v) is 4.23. The van der Waals surface area contributed by atoms with E-state index in [2.05, 4.69) is 15.5 Å². The van der Waals surface area contributed by atoms with E-state index in [9.17, 15) is 9.18 Å². The number of aromatic nitrogens is 3. The number of benzene rings is 2. The lowest BCUT2D eigenvalue weighted by Gasteiger charge is -2.09. The van der Waals surface area contributed by atoms with Gasteiger partial charge in [0.1, 0.15) is 5.82 Å². The lowest BCUT2D eigenvalue weighted by atomic mass is 10.2. The van der Waals surface area contributed by atoms with Gasteiger partial charge in [-0.25, -0.2) is 4.39 Å². The second-order valence-electron chi connectivity index (χ2n) is 5.04. The molecule has 0 saturated carbocycles. The van der Waals surface area contributed by atoms with Crippen LogP contribution in [0.4, 0.5) is 4.39 Å². The first-order chi connectivity index (χ1) is 12.0. The second-order valence-corrected chi connectivity index (χ2v) is 6.27. The van der Waals surface area contributed by atoms with E-state index in [4.69, 9.17) is 35.4 Å². The van der Waals surface area contributed by atoms with Gasteiger partial charge in [0.2, 0.25) is 0 Å². The Morgan fingerprint density at radius 1 is 1.28 bits per heavy atom. The Bertz CT molecular complexity index is 982. The largest absolute Gasteiger partial charge is 0.345 e. The number of aromatic amines is 1. The first kappa shape index (κ1) is 17.6. The smallest absolute Gasteiger partial charge is 0.256 e. The summed E-state index contributed by atoms with van der Waals surface area (Å²) >= 11 is 17.1. The Hall–Kier alpha value is -2.22. The van der Waals surface area contributed by atoms with Gasteiger partial charge in [-0.3, -0.25) is 14.5 Å². The molecule has 0 atom stereocenters. The molecule has 0 bridgehead atoms. The molecule has 2 aromatic carbocycles. The van der Waals surface area contributed by atoms with Crippen molar-refractivity contribution in [1.82, 2.24) is 20.1 Å². The zero-order valence-electron chi connectivity index (χ0n) is 12.6. The van der Waals surface area contributed by atoms with Crippen molar-refractivity contribution in [3.63, 3.8) is 0 Å². The van der Waals surface area contributed by atoms with Crippen molar-refractivity contribution >= 4 is 41.3 Å². The van der Waals surface area contributed by atoms with E-state index in [1.54, 1.807) is 28.8 Å². The summed E-state index contributed by atoms with van der Waals surface area (Å²) in [5, 5.41) is 9.91. The van der Waals surface area contributed by atoms with E-state index in [1.165, 1.54) is 18.2 Å². The maximum absolute atomic E-state index is 13.8. The zero-order chi connectivity index (χ0) is 18.0. The van der Waals surface area contributed by atoms with E-state index in [0.717, 1.165) is 0 Å². The number of rotatable bonds is 4. The third kappa shape index (κ3) is 3.73. The molecule has 0 unspecified atom stereocenters. The summed E-state index contributed by atoms with van der Waals surface area (Å²) in [6.07, 6.45) is 0. The van der Waals surface area contributed by atoms with Crippen molar-refractivity contribution in [1.29, 1.82) is 0 Å². The highest BCUT2D eigenvalue weighted by atomic mass is 35.5. The molecule has 1 amide bonds. The van der Waals surface area contributed by atoms with Crippen molar-refractivity contribution < 1.29 is 9.18 Å². The summed E-state index contributed by atoms with van der Waals surface area (Å²) < 4.78 is 15.8. The van der Waals surface area contributed by atoms with Gasteiger partial charge in [-0.2, -0.15) is 5.10 Å². The van der Waals surface area contributed by atoms with E-state index in [1.807, 2.05) is 0 Å². The molecule has 3 rings (SSSR count). The maximum atomic E-state index is 13.8. The van der Waals surface area contributed by atoms with Gasteiger partial charge in [-0.15, -0.1) is 0 Å². The molecular weight excluding hydrogens is 386 g/mol. The minimum absolute atomic E-state index is 0.0170. The monoisotopic (exact) mass is 396 g/mol. The van der Waals surface area contributed by atoms with Gasteiger partial charge in [0, 0.05) is 5.02 Å². The molecule has 0 aliphatic rings. The fraction of sp³-hybridized carbons (Fsp3) is 0.0625. The number of halogens is 3. The molecule has 0 spiro atoms. The van der Waals surface area contributed by atoms with Crippen LogP contribution in [0.5, 0.6) is 0 Å². The Morgan fingerprint density at radius 3 is 2.76 bits per heavy atom. The zero-order valence-corrected chi connectivity index (χ0v) is 14.9. The van der Waals surface area contributed by atoms with Crippen molar-refractivity contribution in [2.45, 2.75) is 6.54 Å². The summed E-state index contributed by atoms with van der Waals surface area (Å²) in [5.41, 5.74) is 0.479. The lowest BCUT2D eigenvalue weighted by Crippen LogP contribution is -2.25. The fourth-order valence-electron chi connectivity index (χ4n) is 2.29. The van der Waals surface area contributed by atoms with Crippen molar-refractivity contribution in [3.8, 4) is 5.69 Å². The van der Waals surface area contributed by atoms with Gasteiger partial charge in [-0.05, 0) is 42.5 Å². The number of hydrogen-bond acceptors (Lipinski definition) is 3. The van der Waals surface area contributed by atoms with Crippen LogP contribution in [0.3, 0.4) is 0 Å². The van der Waals surface area contributed by atoms with Gasteiger partial charge in [0.05, 0.1) is 22.8 Å². The minimum atomic E-state index is -0.696. The van der Waals surface area contributed by atoms with Crippen molar-refractivity contribution in [3.05, 3.63) is 74.5 Å². The van der Waals surface area contributed by atoms with Gasteiger partial charge in [0.15, 0.2) is 10.6 Å². The van der Waals surface area contributed by atoms with E-state index >= 15 is 0 Å². The first-order valence-corrected chi connectivity index (χ1v) is 8.28. The Morgan fingerprint density at radius 2 is 2.04 bits per heavy atom. The number of carbonyl (C=O) groups is 1. The molecule has 0 radical (unpaired) electrons. The third-order valence-electron chi connectivity index (χ3n) is 3.41. The molecule has 128 valence electrons. The highest BCUT2D eigenvalue weighted by Gasteiger charge is 2.17. The molecule has 25 heavy (non-hydrogen) atoms. The predicted octanol–water partition coefficient (Wildman–Crippen LogP) is 4.31. The van der Waals surface area contributed by atoms with Crippen LogP contribution in [0.1, 0.15) is 16.2 Å². The van der Waals surface area contributed by atoms with Crippen LogP contribution < -0.4 is 5.32 Å². The van der Waals surface area contributed by atoms with Crippen LogP contribution in [-0.2, 0) is 6.54 Å². The number of hydrogen-bond donors (Lipinski definition) is 2. The molecule has 2 N–H and O–H groups in total. The van der Waals surface area contributed by atoms with Gasteiger partial charge in [-0.1, -0.05) is 35.3 Å². The Balaban J connectivity index is 1.86. The number of amides is 1. The topological polar surface area (TPSA) is 62.7 Å². The van der Waals surface area contributed by atoms with Crippen LogP contribution in [0.15, 0.2) is 42.5 Å². The maximum Gasteiger partial charge on any atom is 0.256 e. The molecule has 0 saturated heterocycles. The second kappa shape index (κ2) is 7.35. The molecule has 3 aromatic rings. The van der Waals surface area contributed by atoms with Crippen LogP contribution in [0.25, 0.3) is 5.69 Å². The molecular formula is C16H11Cl2FN4OS. The Labute approximate surface area is 157 Å². The average Bonchev–Trinajstić information content (AvgIpc) is 2.93. The first-order valence-electron chi connectivity index (χ1n) is 7.12. The molecule has 1 heterocycles. The molecule has 0 aliphatic heterocycles. The number of nitrogens with one attached hydrogen (secondary N) is 2. The van der Waals surface area contributed by atoms with Crippen LogP contribution in [-0.4, -0.2) is 20.7 Å². The quantitative estimate of drug-likeness (QED) is 0.645.